The molecule has 3 aliphatic rings. The summed E-state index contributed by atoms with van der Waals surface area (Å²) >= 11 is 0. The number of piperidine rings is 1. The maximum Gasteiger partial charge on any atom is 0.232 e. The normalized spacial score (nSPS) is 20.5. The Balaban J connectivity index is 0.00000133. The van der Waals surface area contributed by atoms with Gasteiger partial charge in [0.2, 0.25) is 16.0 Å². The fourth-order valence-corrected chi connectivity index (χ4v) is 6.31. The highest BCUT2D eigenvalue weighted by Gasteiger charge is 2.29. The van der Waals surface area contributed by atoms with E-state index in [2.05, 4.69) is 20.0 Å². The predicted molar refractivity (Wildman–Crippen MR) is 174 cm³/mol. The number of nitrogens with one attached hydrogen (secondary N) is 2. The van der Waals surface area contributed by atoms with E-state index in [9.17, 15) is 17.2 Å². The number of alkyl halides is 1. The molecule has 2 aliphatic carbocycles. The summed E-state index contributed by atoms with van der Waals surface area (Å²) < 4.78 is 73.4. The van der Waals surface area contributed by atoms with Gasteiger partial charge in [-0.15, -0.1) is 0 Å². The van der Waals surface area contributed by atoms with Crippen LogP contribution in [0.4, 0.5) is 19.1 Å². The molecule has 1 fully saturated rings. The summed E-state index contributed by atoms with van der Waals surface area (Å²) in [5.41, 5.74) is 7.55. The van der Waals surface area contributed by atoms with E-state index in [0.717, 1.165) is 38.1 Å². The van der Waals surface area contributed by atoms with Crippen LogP contribution in [-0.4, -0.2) is 53.2 Å². The number of hydrogen-bond donors (Lipinski definition) is 3. The summed E-state index contributed by atoms with van der Waals surface area (Å²) in [6.07, 6.45) is 11.4. The molecule has 13 heteroatoms. The molecule has 4 N–H and O–H groups in total. The maximum atomic E-state index is 15.6. The van der Waals surface area contributed by atoms with Crippen LogP contribution in [0.2, 0.25) is 0 Å². The Bertz CT molecular complexity index is 1540. The molecule has 0 radical (unpaired) electrons. The van der Waals surface area contributed by atoms with E-state index in [0.29, 0.717) is 17.0 Å². The second-order valence-electron chi connectivity index (χ2n) is 10.2. The molecule has 1 aliphatic heterocycles. The van der Waals surface area contributed by atoms with Gasteiger partial charge in [-0.1, -0.05) is 45.9 Å². The van der Waals surface area contributed by atoms with Gasteiger partial charge < -0.3 is 11.1 Å². The third kappa shape index (κ3) is 9.89. The molecule has 2 unspecified atom stereocenters. The van der Waals surface area contributed by atoms with Crippen LogP contribution < -0.4 is 15.8 Å². The molecule has 246 valence electrons. The fourth-order valence-electron chi connectivity index (χ4n) is 5.17. The SMILES string of the molecule is CC.CC.Nc1nccc(-c2cn(C3CCNCC3)nc2C2C=CC=C(NS(=O)(=O)CCC3=C(F)CC=CC(F)=C3)C(F)C2)n1. The van der Waals surface area contributed by atoms with Crippen molar-refractivity contribution in [3.8, 4) is 11.3 Å². The van der Waals surface area contributed by atoms with Gasteiger partial charge >= 0.3 is 0 Å². The smallest absolute Gasteiger partial charge is 0.232 e. The summed E-state index contributed by atoms with van der Waals surface area (Å²) in [4.78, 5) is 8.32. The molecule has 0 saturated carbocycles. The van der Waals surface area contributed by atoms with Crippen LogP contribution in [0.1, 0.15) is 77.5 Å². The lowest BCUT2D eigenvalue weighted by molar-refractivity contribution is 0.332. The van der Waals surface area contributed by atoms with Crippen molar-refractivity contribution in [2.24, 2.45) is 0 Å². The molecule has 0 spiro atoms. The highest BCUT2D eigenvalue weighted by atomic mass is 32.2. The Morgan fingerprint density at radius 1 is 1.16 bits per heavy atom. The van der Waals surface area contributed by atoms with Crippen LogP contribution in [-0.2, 0) is 10.0 Å². The Morgan fingerprint density at radius 3 is 2.60 bits per heavy atom. The molecule has 2 aromatic rings. The van der Waals surface area contributed by atoms with E-state index in [1.165, 1.54) is 12.2 Å². The molecular formula is C32H44F3N7O2S. The van der Waals surface area contributed by atoms with Gasteiger partial charge in [-0.05, 0) is 68.6 Å². The summed E-state index contributed by atoms with van der Waals surface area (Å²) in [5, 5.41) is 8.20. The zero-order valence-corrected chi connectivity index (χ0v) is 27.1. The molecule has 9 nitrogen and oxygen atoms in total. The maximum absolute atomic E-state index is 15.6. The third-order valence-electron chi connectivity index (χ3n) is 7.31. The second kappa shape index (κ2) is 17.1. The molecule has 0 aromatic carbocycles. The largest absolute Gasteiger partial charge is 0.368 e. The molecule has 45 heavy (non-hydrogen) atoms. The average Bonchev–Trinajstić information content (AvgIpc) is 3.33. The van der Waals surface area contributed by atoms with Gasteiger partial charge in [-0.2, -0.15) is 5.10 Å². The van der Waals surface area contributed by atoms with E-state index in [1.807, 2.05) is 38.6 Å². The van der Waals surface area contributed by atoms with Crippen molar-refractivity contribution >= 4 is 16.0 Å². The summed E-state index contributed by atoms with van der Waals surface area (Å²) in [6.45, 7) is 9.73. The van der Waals surface area contributed by atoms with Gasteiger partial charge in [-0.25, -0.2) is 31.6 Å². The lowest BCUT2D eigenvalue weighted by Crippen LogP contribution is -2.30. The quantitative estimate of drug-likeness (QED) is 0.298. The number of nitrogens with two attached hydrogens (primary N) is 1. The van der Waals surface area contributed by atoms with Crippen LogP contribution in [0.25, 0.3) is 11.3 Å². The van der Waals surface area contributed by atoms with Gasteiger partial charge in [0, 0.05) is 30.3 Å². The zero-order chi connectivity index (χ0) is 33.0. The number of allylic oxidation sites excluding steroid dienone is 10. The summed E-state index contributed by atoms with van der Waals surface area (Å²) in [6, 6.07) is 1.89. The zero-order valence-electron chi connectivity index (χ0n) is 26.3. The molecule has 2 atom stereocenters. The monoisotopic (exact) mass is 647 g/mol. The lowest BCUT2D eigenvalue weighted by Gasteiger charge is -2.23. The van der Waals surface area contributed by atoms with E-state index >= 15 is 4.39 Å². The van der Waals surface area contributed by atoms with Gasteiger partial charge in [0.1, 0.15) is 17.8 Å². The molecule has 3 heterocycles. The highest BCUT2D eigenvalue weighted by Crippen LogP contribution is 2.36. The van der Waals surface area contributed by atoms with Gasteiger partial charge in [0.15, 0.2) is 0 Å². The number of rotatable bonds is 8. The minimum Gasteiger partial charge on any atom is -0.368 e. The summed E-state index contributed by atoms with van der Waals surface area (Å²) in [5.74, 6) is -2.16. The van der Waals surface area contributed by atoms with Gasteiger partial charge in [0.25, 0.3) is 0 Å². The standard InChI is InChI=1S/C28H32F3N7O2S.2C2H6/c29-20-4-2-5-23(30)18(15-20)10-14-41(39,40)37-26-6-1-3-19(16-24(26)31)27-22(25-9-13-34-28(32)35-25)17-38(36-27)21-7-11-33-12-8-21;2*1-2/h1-4,6,9,13,15,17,19,21,24,33,37H,5,7-8,10-12,14,16H2,(H2,32,34,35);2*1-2H3. The minimum atomic E-state index is -4.05. The second-order valence-corrected chi connectivity index (χ2v) is 12.1. The topological polar surface area (TPSA) is 128 Å². The first kappa shape index (κ1) is 35.8. The molecular weight excluding hydrogens is 603 g/mol. The third-order valence-corrected chi connectivity index (χ3v) is 8.60. The molecule has 5 rings (SSSR count). The number of nitrogens with zero attached hydrogens (tertiary/aromatic N) is 4. The van der Waals surface area contributed by atoms with Gasteiger partial charge in [-0.3, -0.25) is 9.40 Å². The van der Waals surface area contributed by atoms with Crippen molar-refractivity contribution < 1.29 is 21.6 Å². The van der Waals surface area contributed by atoms with Crippen LogP contribution in [0.15, 0.2) is 77.8 Å². The van der Waals surface area contributed by atoms with Crippen LogP contribution in [0, 0.1) is 0 Å². The van der Waals surface area contributed by atoms with E-state index in [1.54, 1.807) is 24.4 Å². The van der Waals surface area contributed by atoms with Crippen molar-refractivity contribution in [2.75, 3.05) is 24.6 Å². The predicted octanol–water partition coefficient (Wildman–Crippen LogP) is 6.51. The van der Waals surface area contributed by atoms with E-state index in [-0.39, 0.29) is 42.5 Å². The van der Waals surface area contributed by atoms with E-state index < -0.39 is 39.5 Å². The first-order valence-electron chi connectivity index (χ1n) is 15.5. The van der Waals surface area contributed by atoms with Crippen molar-refractivity contribution in [3.63, 3.8) is 0 Å². The molecule has 2 aromatic heterocycles. The highest BCUT2D eigenvalue weighted by molar-refractivity contribution is 7.89. The van der Waals surface area contributed by atoms with Gasteiger partial charge in [0.05, 0.1) is 28.9 Å². The Labute approximate surface area is 264 Å². The molecule has 0 bridgehead atoms. The minimum absolute atomic E-state index is 0.0355. The molecule has 1 saturated heterocycles. The molecule has 0 amide bonds. The number of aromatic nitrogens is 4. The summed E-state index contributed by atoms with van der Waals surface area (Å²) in [7, 11) is -4.05. The first-order valence-corrected chi connectivity index (χ1v) is 17.2. The number of hydrogen-bond acceptors (Lipinski definition) is 7. The first-order chi connectivity index (χ1) is 21.7. The number of anilines is 1. The fraction of sp³-hybridized carbons (Fsp3) is 0.469. The van der Waals surface area contributed by atoms with Crippen molar-refractivity contribution in [1.29, 1.82) is 0 Å². The number of nitrogen functional groups attached to an aromatic ring is 1. The van der Waals surface area contributed by atoms with Crippen LogP contribution >= 0.6 is 0 Å². The van der Waals surface area contributed by atoms with Crippen molar-refractivity contribution in [3.05, 3.63) is 83.5 Å². The number of sulfonamides is 1. The Kier molecular flexibility index (Phi) is 13.6. The van der Waals surface area contributed by atoms with Crippen molar-refractivity contribution in [1.82, 2.24) is 29.8 Å². The Morgan fingerprint density at radius 2 is 1.89 bits per heavy atom. The average molecular weight is 648 g/mol. The lowest BCUT2D eigenvalue weighted by atomic mass is 9.94. The van der Waals surface area contributed by atoms with Crippen molar-refractivity contribution in [2.45, 2.75) is 77.9 Å². The Hall–Kier alpha value is -3.71. The van der Waals surface area contributed by atoms with Crippen LogP contribution in [0.3, 0.4) is 0 Å². The van der Waals surface area contributed by atoms with E-state index in [4.69, 9.17) is 10.8 Å². The number of halogens is 3. The van der Waals surface area contributed by atoms with Crippen LogP contribution in [0.5, 0.6) is 0 Å².